The largest absolute Gasteiger partial charge is 0.494 e. The highest BCUT2D eigenvalue weighted by Gasteiger charge is 2.11. The summed E-state index contributed by atoms with van der Waals surface area (Å²) in [6.45, 7) is 6.30. The van der Waals surface area contributed by atoms with Crippen molar-refractivity contribution in [3.8, 4) is 17.1 Å². The van der Waals surface area contributed by atoms with Gasteiger partial charge in [-0.3, -0.25) is 4.79 Å². The fourth-order valence-corrected chi connectivity index (χ4v) is 2.81. The Morgan fingerprint density at radius 2 is 1.97 bits per heavy atom. The van der Waals surface area contributed by atoms with E-state index < -0.39 is 0 Å². The molecule has 0 unspecified atom stereocenters. The van der Waals surface area contributed by atoms with Crippen molar-refractivity contribution in [1.29, 1.82) is 0 Å². The lowest BCUT2D eigenvalue weighted by atomic mass is 10.2. The summed E-state index contributed by atoms with van der Waals surface area (Å²) in [7, 11) is 0. The Kier molecular flexibility index (Phi) is 7.35. The Balaban J connectivity index is 1.52. The smallest absolute Gasteiger partial charge is 0.227 e. The number of nitrogens with zero attached hydrogens (tertiary/aromatic N) is 2. The van der Waals surface area contributed by atoms with E-state index in [2.05, 4.69) is 27.7 Å². The van der Waals surface area contributed by atoms with Gasteiger partial charge in [0.25, 0.3) is 0 Å². The first-order chi connectivity index (χ1) is 14.2. The first-order valence-corrected chi connectivity index (χ1v) is 9.83. The van der Waals surface area contributed by atoms with Crippen molar-refractivity contribution in [1.82, 2.24) is 15.5 Å². The molecule has 0 aliphatic carbocycles. The summed E-state index contributed by atoms with van der Waals surface area (Å²) in [6, 6.07) is 15.3. The molecule has 0 aliphatic rings. The van der Waals surface area contributed by atoms with E-state index in [0.717, 1.165) is 35.7 Å². The molecular weight excluding hydrogens is 368 g/mol. The minimum atomic E-state index is -0.0913. The second kappa shape index (κ2) is 10.4. The SMILES string of the molecule is CCNCc1cccc(NC(=O)CCc2nc(-c3ccc(OCC)cc3)no2)c1. The zero-order valence-corrected chi connectivity index (χ0v) is 16.8. The zero-order chi connectivity index (χ0) is 20.5. The molecule has 0 radical (unpaired) electrons. The van der Waals surface area contributed by atoms with Crippen LogP contribution in [0.15, 0.2) is 53.1 Å². The second-order valence-corrected chi connectivity index (χ2v) is 6.50. The average molecular weight is 394 g/mol. The fourth-order valence-electron chi connectivity index (χ4n) is 2.81. The zero-order valence-electron chi connectivity index (χ0n) is 16.8. The number of nitrogens with one attached hydrogen (secondary N) is 2. The highest BCUT2D eigenvalue weighted by Crippen LogP contribution is 2.20. The van der Waals surface area contributed by atoms with Crippen molar-refractivity contribution in [2.75, 3.05) is 18.5 Å². The van der Waals surface area contributed by atoms with Gasteiger partial charge in [0.05, 0.1) is 6.61 Å². The Morgan fingerprint density at radius 3 is 2.72 bits per heavy atom. The number of carbonyl (C=O) groups excluding carboxylic acids is 1. The van der Waals surface area contributed by atoms with Crippen LogP contribution in [-0.2, 0) is 17.8 Å². The Morgan fingerprint density at radius 1 is 1.14 bits per heavy atom. The summed E-state index contributed by atoms with van der Waals surface area (Å²) in [5.41, 5.74) is 2.75. The quantitative estimate of drug-likeness (QED) is 0.543. The van der Waals surface area contributed by atoms with E-state index in [9.17, 15) is 4.79 Å². The van der Waals surface area contributed by atoms with Gasteiger partial charge in [0, 0.05) is 30.6 Å². The van der Waals surface area contributed by atoms with Gasteiger partial charge in [-0.25, -0.2) is 0 Å². The summed E-state index contributed by atoms with van der Waals surface area (Å²) in [6.07, 6.45) is 0.648. The summed E-state index contributed by atoms with van der Waals surface area (Å²) < 4.78 is 10.7. The van der Waals surface area contributed by atoms with Crippen LogP contribution in [0.5, 0.6) is 5.75 Å². The van der Waals surface area contributed by atoms with Crippen molar-refractivity contribution in [3.05, 3.63) is 60.0 Å². The maximum Gasteiger partial charge on any atom is 0.227 e. The lowest BCUT2D eigenvalue weighted by Crippen LogP contribution is -2.14. The van der Waals surface area contributed by atoms with Gasteiger partial charge in [-0.05, 0) is 55.4 Å². The van der Waals surface area contributed by atoms with E-state index in [-0.39, 0.29) is 12.3 Å². The Labute approximate surface area is 170 Å². The van der Waals surface area contributed by atoms with E-state index in [1.54, 1.807) is 0 Å². The highest BCUT2D eigenvalue weighted by molar-refractivity contribution is 5.90. The van der Waals surface area contributed by atoms with Gasteiger partial charge in [0.1, 0.15) is 5.75 Å². The lowest BCUT2D eigenvalue weighted by molar-refractivity contribution is -0.116. The summed E-state index contributed by atoms with van der Waals surface area (Å²) in [5, 5.41) is 10.2. The van der Waals surface area contributed by atoms with Crippen molar-refractivity contribution < 1.29 is 14.1 Å². The molecule has 3 rings (SSSR count). The number of amides is 1. The van der Waals surface area contributed by atoms with Gasteiger partial charge in [-0.15, -0.1) is 0 Å². The molecule has 3 aromatic rings. The molecule has 2 aromatic carbocycles. The first-order valence-electron chi connectivity index (χ1n) is 9.83. The number of carbonyl (C=O) groups is 1. The minimum absolute atomic E-state index is 0.0913. The maximum atomic E-state index is 12.3. The Hall–Kier alpha value is -3.19. The fraction of sp³-hybridized carbons (Fsp3) is 0.318. The molecule has 2 N–H and O–H groups in total. The number of hydrogen-bond donors (Lipinski definition) is 2. The third-order valence-corrected chi connectivity index (χ3v) is 4.25. The van der Waals surface area contributed by atoms with Crippen molar-refractivity contribution in [3.63, 3.8) is 0 Å². The number of aromatic nitrogens is 2. The lowest BCUT2D eigenvalue weighted by Gasteiger charge is -2.07. The van der Waals surface area contributed by atoms with Crippen molar-refractivity contribution in [2.45, 2.75) is 33.2 Å². The molecular formula is C22H26N4O3. The number of aryl methyl sites for hydroxylation is 1. The topological polar surface area (TPSA) is 89.3 Å². The van der Waals surface area contributed by atoms with Gasteiger partial charge in [-0.1, -0.05) is 24.2 Å². The first kappa shape index (κ1) is 20.5. The third kappa shape index (κ3) is 6.15. The standard InChI is InChI=1S/C22H26N4O3/c1-3-23-15-16-6-5-7-18(14-16)24-20(27)12-13-21-25-22(26-29-21)17-8-10-19(11-9-17)28-4-2/h5-11,14,23H,3-4,12-13,15H2,1-2H3,(H,24,27). The van der Waals surface area contributed by atoms with Crippen LogP contribution in [-0.4, -0.2) is 29.2 Å². The van der Waals surface area contributed by atoms with Crippen LogP contribution in [0.4, 0.5) is 5.69 Å². The molecule has 0 atom stereocenters. The summed E-state index contributed by atoms with van der Waals surface area (Å²) in [4.78, 5) is 16.6. The molecule has 7 nitrogen and oxygen atoms in total. The monoisotopic (exact) mass is 394 g/mol. The second-order valence-electron chi connectivity index (χ2n) is 6.50. The number of anilines is 1. The van der Waals surface area contributed by atoms with Crippen molar-refractivity contribution >= 4 is 11.6 Å². The molecule has 29 heavy (non-hydrogen) atoms. The van der Waals surface area contributed by atoms with E-state index in [1.807, 2.05) is 55.5 Å². The number of benzene rings is 2. The normalized spacial score (nSPS) is 10.7. The molecule has 0 spiro atoms. The molecule has 0 bridgehead atoms. The van der Waals surface area contributed by atoms with Crippen LogP contribution in [0.3, 0.4) is 0 Å². The maximum absolute atomic E-state index is 12.3. The molecule has 1 amide bonds. The molecule has 0 saturated carbocycles. The third-order valence-electron chi connectivity index (χ3n) is 4.25. The molecule has 1 heterocycles. The predicted octanol–water partition coefficient (Wildman–Crippen LogP) is 3.82. The Bertz CT molecular complexity index is 922. The number of rotatable bonds is 10. The van der Waals surface area contributed by atoms with Gasteiger partial charge in [0.2, 0.25) is 17.6 Å². The van der Waals surface area contributed by atoms with Crippen LogP contribution in [0.1, 0.15) is 31.7 Å². The predicted molar refractivity (Wildman–Crippen MR) is 112 cm³/mol. The minimum Gasteiger partial charge on any atom is -0.494 e. The van der Waals surface area contributed by atoms with Gasteiger partial charge in [-0.2, -0.15) is 4.98 Å². The molecule has 152 valence electrons. The highest BCUT2D eigenvalue weighted by atomic mass is 16.5. The molecule has 0 saturated heterocycles. The van der Waals surface area contributed by atoms with Gasteiger partial charge in [0.15, 0.2) is 0 Å². The van der Waals surface area contributed by atoms with E-state index in [4.69, 9.17) is 9.26 Å². The number of hydrogen-bond acceptors (Lipinski definition) is 6. The number of ether oxygens (including phenoxy) is 1. The van der Waals surface area contributed by atoms with E-state index in [0.29, 0.717) is 24.7 Å². The van der Waals surface area contributed by atoms with Crippen LogP contribution >= 0.6 is 0 Å². The van der Waals surface area contributed by atoms with Crippen LogP contribution in [0.2, 0.25) is 0 Å². The van der Waals surface area contributed by atoms with Crippen LogP contribution in [0, 0.1) is 0 Å². The van der Waals surface area contributed by atoms with Gasteiger partial charge < -0.3 is 19.9 Å². The molecule has 1 aromatic heterocycles. The van der Waals surface area contributed by atoms with Gasteiger partial charge >= 0.3 is 0 Å². The molecule has 7 heteroatoms. The van der Waals surface area contributed by atoms with E-state index in [1.165, 1.54) is 0 Å². The van der Waals surface area contributed by atoms with Crippen LogP contribution in [0.25, 0.3) is 11.4 Å². The molecule has 0 aliphatic heterocycles. The van der Waals surface area contributed by atoms with Crippen LogP contribution < -0.4 is 15.4 Å². The van der Waals surface area contributed by atoms with Crippen molar-refractivity contribution in [2.24, 2.45) is 0 Å². The summed E-state index contributed by atoms with van der Waals surface area (Å²) >= 11 is 0. The average Bonchev–Trinajstić information content (AvgIpc) is 3.21. The molecule has 0 fully saturated rings. The summed E-state index contributed by atoms with van der Waals surface area (Å²) in [5.74, 6) is 1.64. The van der Waals surface area contributed by atoms with E-state index >= 15 is 0 Å².